The molecule has 0 aliphatic rings. The fourth-order valence-electron chi connectivity index (χ4n) is 2.18. The Morgan fingerprint density at radius 2 is 2.05 bits per heavy atom. The predicted molar refractivity (Wildman–Crippen MR) is 80.3 cm³/mol. The van der Waals surface area contributed by atoms with Gasteiger partial charge in [-0.2, -0.15) is 8.78 Å². The molecule has 2 aromatic heterocycles. The lowest BCUT2D eigenvalue weighted by molar-refractivity contribution is 0.252. The van der Waals surface area contributed by atoms with Crippen molar-refractivity contribution in [2.24, 2.45) is 0 Å². The number of para-hydroxylation sites is 1. The molecule has 0 fully saturated rings. The maximum atomic E-state index is 12.7. The number of hydrogen-bond donors (Lipinski definition) is 0. The van der Waals surface area contributed by atoms with Gasteiger partial charge in [-0.25, -0.2) is 4.98 Å². The van der Waals surface area contributed by atoms with Crippen molar-refractivity contribution in [3.05, 3.63) is 48.5 Å². The van der Waals surface area contributed by atoms with E-state index in [2.05, 4.69) is 9.97 Å². The van der Waals surface area contributed by atoms with Gasteiger partial charge in [0.05, 0.1) is 23.3 Å². The Hall–Kier alpha value is -1.66. The molecular formula is C14H10ClF2N3S. The number of pyridine rings is 1. The first-order valence-electron chi connectivity index (χ1n) is 6.12. The van der Waals surface area contributed by atoms with Gasteiger partial charge in [0.25, 0.3) is 5.76 Å². The van der Waals surface area contributed by atoms with Crippen LogP contribution in [0.25, 0.3) is 16.7 Å². The monoisotopic (exact) mass is 325 g/mol. The van der Waals surface area contributed by atoms with Crippen molar-refractivity contribution in [1.82, 2.24) is 14.5 Å². The van der Waals surface area contributed by atoms with Crippen molar-refractivity contribution in [2.45, 2.75) is 16.5 Å². The average Bonchev–Trinajstić information content (AvgIpc) is 2.85. The maximum Gasteiger partial charge on any atom is 0.288 e. The molecule has 0 N–H and O–H groups in total. The number of benzene rings is 1. The average molecular weight is 326 g/mol. The third kappa shape index (κ3) is 2.73. The molecule has 0 bridgehead atoms. The third-order valence-corrected chi connectivity index (χ3v) is 3.98. The van der Waals surface area contributed by atoms with Crippen LogP contribution in [0.15, 0.2) is 47.6 Å². The number of thioether (sulfide) groups is 1. The summed E-state index contributed by atoms with van der Waals surface area (Å²) >= 11 is 6.46. The van der Waals surface area contributed by atoms with Crippen LogP contribution in [0.1, 0.15) is 5.82 Å². The molecule has 0 aliphatic carbocycles. The number of fused-ring (bicyclic) bond motifs is 1. The van der Waals surface area contributed by atoms with Gasteiger partial charge in [0.2, 0.25) is 0 Å². The SMILES string of the molecule is FC(F)Sc1ccccc1-n1c(CCl)nc2cnccc21. The molecule has 0 atom stereocenters. The highest BCUT2D eigenvalue weighted by atomic mass is 35.5. The number of nitrogens with zero attached hydrogens (tertiary/aromatic N) is 3. The van der Waals surface area contributed by atoms with E-state index in [0.717, 1.165) is 5.52 Å². The summed E-state index contributed by atoms with van der Waals surface area (Å²) in [5, 5.41) is 0. The number of alkyl halides is 3. The quantitative estimate of drug-likeness (QED) is 0.523. The van der Waals surface area contributed by atoms with Gasteiger partial charge >= 0.3 is 0 Å². The van der Waals surface area contributed by atoms with Crippen molar-refractivity contribution in [2.75, 3.05) is 0 Å². The molecule has 0 unspecified atom stereocenters. The van der Waals surface area contributed by atoms with E-state index in [0.29, 0.717) is 33.7 Å². The van der Waals surface area contributed by atoms with Gasteiger partial charge in [0, 0.05) is 11.1 Å². The highest BCUT2D eigenvalue weighted by molar-refractivity contribution is 7.99. The molecule has 0 saturated heterocycles. The summed E-state index contributed by atoms with van der Waals surface area (Å²) in [4.78, 5) is 8.90. The fourth-order valence-corrected chi connectivity index (χ4v) is 2.99. The highest BCUT2D eigenvalue weighted by Crippen LogP contribution is 2.33. The minimum absolute atomic E-state index is 0.183. The standard InChI is InChI=1S/C14H10ClF2N3S/c15-7-13-19-9-8-18-6-5-10(9)20(13)11-3-1-2-4-12(11)21-14(16)17/h1-6,8,14H,7H2. The molecule has 0 aliphatic heterocycles. The minimum Gasteiger partial charge on any atom is -0.294 e. The van der Waals surface area contributed by atoms with Crippen molar-refractivity contribution < 1.29 is 8.78 Å². The van der Waals surface area contributed by atoms with E-state index in [1.54, 1.807) is 47.3 Å². The molecule has 108 valence electrons. The second kappa shape index (κ2) is 5.99. The van der Waals surface area contributed by atoms with Gasteiger partial charge in [0.1, 0.15) is 11.3 Å². The number of aromatic nitrogens is 3. The van der Waals surface area contributed by atoms with Gasteiger partial charge in [-0.05, 0) is 18.2 Å². The van der Waals surface area contributed by atoms with E-state index >= 15 is 0 Å². The van der Waals surface area contributed by atoms with Crippen molar-refractivity contribution in [3.8, 4) is 5.69 Å². The Kier molecular flexibility index (Phi) is 4.07. The Balaban J connectivity index is 2.25. The summed E-state index contributed by atoms with van der Waals surface area (Å²) in [6.07, 6.45) is 3.27. The van der Waals surface area contributed by atoms with E-state index in [1.807, 2.05) is 0 Å². The van der Waals surface area contributed by atoms with Crippen molar-refractivity contribution >= 4 is 34.4 Å². The van der Waals surface area contributed by atoms with Crippen LogP contribution >= 0.6 is 23.4 Å². The second-order valence-electron chi connectivity index (χ2n) is 4.21. The molecule has 0 spiro atoms. The normalized spacial score (nSPS) is 11.4. The topological polar surface area (TPSA) is 30.7 Å². The first-order valence-corrected chi connectivity index (χ1v) is 7.53. The highest BCUT2D eigenvalue weighted by Gasteiger charge is 2.16. The summed E-state index contributed by atoms with van der Waals surface area (Å²) in [7, 11) is 0. The Labute approximate surface area is 129 Å². The van der Waals surface area contributed by atoms with Crippen molar-refractivity contribution in [3.63, 3.8) is 0 Å². The first-order chi connectivity index (χ1) is 10.2. The van der Waals surface area contributed by atoms with Gasteiger partial charge in [-0.15, -0.1) is 11.6 Å². The maximum absolute atomic E-state index is 12.7. The fraction of sp³-hybridized carbons (Fsp3) is 0.143. The summed E-state index contributed by atoms with van der Waals surface area (Å²) in [5.41, 5.74) is 2.13. The summed E-state index contributed by atoms with van der Waals surface area (Å²) in [6.45, 7) is 0. The molecule has 2 heterocycles. The van der Waals surface area contributed by atoms with Crippen LogP contribution < -0.4 is 0 Å². The number of hydrogen-bond acceptors (Lipinski definition) is 3. The third-order valence-electron chi connectivity index (χ3n) is 2.97. The number of imidazole rings is 1. The lowest BCUT2D eigenvalue weighted by atomic mass is 10.3. The molecule has 0 saturated carbocycles. The zero-order chi connectivity index (χ0) is 14.8. The zero-order valence-electron chi connectivity index (χ0n) is 10.7. The van der Waals surface area contributed by atoms with Crippen LogP contribution in [0, 0.1) is 0 Å². The molecule has 3 nitrogen and oxygen atoms in total. The van der Waals surface area contributed by atoms with Crippen molar-refractivity contribution in [1.29, 1.82) is 0 Å². The van der Waals surface area contributed by atoms with Gasteiger partial charge in [-0.1, -0.05) is 23.9 Å². The van der Waals surface area contributed by atoms with E-state index in [1.165, 1.54) is 0 Å². The zero-order valence-corrected chi connectivity index (χ0v) is 12.3. The van der Waals surface area contributed by atoms with Gasteiger partial charge in [0.15, 0.2) is 0 Å². The predicted octanol–water partition coefficient (Wildman–Crippen LogP) is 4.47. The van der Waals surface area contributed by atoms with E-state index in [-0.39, 0.29) is 5.88 Å². The largest absolute Gasteiger partial charge is 0.294 e. The molecule has 3 aromatic rings. The Morgan fingerprint density at radius 1 is 1.24 bits per heavy atom. The lowest BCUT2D eigenvalue weighted by Crippen LogP contribution is -2.01. The lowest BCUT2D eigenvalue weighted by Gasteiger charge is -2.12. The van der Waals surface area contributed by atoms with E-state index < -0.39 is 5.76 Å². The Bertz CT molecular complexity index is 776. The second-order valence-corrected chi connectivity index (χ2v) is 5.51. The van der Waals surface area contributed by atoms with Crippen LogP contribution in [0.4, 0.5) is 8.78 Å². The molecule has 3 rings (SSSR count). The minimum atomic E-state index is -2.48. The summed E-state index contributed by atoms with van der Waals surface area (Å²) in [5.74, 6) is -1.70. The van der Waals surface area contributed by atoms with E-state index in [4.69, 9.17) is 11.6 Å². The van der Waals surface area contributed by atoms with Crippen LogP contribution in [-0.4, -0.2) is 20.3 Å². The Morgan fingerprint density at radius 3 is 2.81 bits per heavy atom. The van der Waals surface area contributed by atoms with E-state index in [9.17, 15) is 8.78 Å². The summed E-state index contributed by atoms with van der Waals surface area (Å²) in [6, 6.07) is 8.77. The first kappa shape index (κ1) is 14.3. The number of rotatable bonds is 4. The molecule has 1 aromatic carbocycles. The molecule has 7 heteroatoms. The van der Waals surface area contributed by atoms with Crippen LogP contribution in [0.2, 0.25) is 0 Å². The molecule has 0 amide bonds. The molecular weight excluding hydrogens is 316 g/mol. The van der Waals surface area contributed by atoms with Gasteiger partial charge < -0.3 is 0 Å². The van der Waals surface area contributed by atoms with Gasteiger partial charge in [-0.3, -0.25) is 9.55 Å². The molecule has 0 radical (unpaired) electrons. The van der Waals surface area contributed by atoms with Crippen LogP contribution in [-0.2, 0) is 5.88 Å². The molecule has 21 heavy (non-hydrogen) atoms. The smallest absolute Gasteiger partial charge is 0.288 e. The number of halogens is 3. The van der Waals surface area contributed by atoms with Crippen LogP contribution in [0.5, 0.6) is 0 Å². The van der Waals surface area contributed by atoms with Crippen LogP contribution in [0.3, 0.4) is 0 Å². The summed E-state index contributed by atoms with van der Waals surface area (Å²) < 4.78 is 27.3.